The van der Waals surface area contributed by atoms with Crippen LogP contribution in [0.4, 0.5) is 5.69 Å². The second kappa shape index (κ2) is 7.98. The van der Waals surface area contributed by atoms with Crippen LogP contribution in [-0.2, 0) is 11.2 Å². The summed E-state index contributed by atoms with van der Waals surface area (Å²) in [5, 5.41) is 10.6. The Kier molecular flexibility index (Phi) is 5.50. The lowest BCUT2D eigenvalue weighted by Crippen LogP contribution is -2.14. The third kappa shape index (κ3) is 4.93. The maximum atomic E-state index is 12.1. The average Bonchev–Trinajstić information content (AvgIpc) is 3.05. The van der Waals surface area contributed by atoms with E-state index in [1.165, 1.54) is 22.9 Å². The minimum Gasteiger partial charge on any atom is -0.325 e. The number of hydrogen-bond acceptors (Lipinski definition) is 4. The molecular formula is C19H20N4OS. The molecule has 0 aliphatic carbocycles. The summed E-state index contributed by atoms with van der Waals surface area (Å²) in [6, 6.07) is 16.0. The third-order valence-electron chi connectivity index (χ3n) is 3.85. The van der Waals surface area contributed by atoms with E-state index < -0.39 is 0 Å². The Balaban J connectivity index is 1.51. The van der Waals surface area contributed by atoms with Crippen LogP contribution in [0.5, 0.6) is 0 Å². The van der Waals surface area contributed by atoms with Crippen molar-refractivity contribution < 1.29 is 4.79 Å². The molecule has 1 amide bonds. The molecule has 0 atom stereocenters. The molecule has 1 heterocycles. The van der Waals surface area contributed by atoms with Crippen molar-refractivity contribution >= 4 is 23.4 Å². The first-order valence-electron chi connectivity index (χ1n) is 8.05. The van der Waals surface area contributed by atoms with Crippen LogP contribution < -0.4 is 5.32 Å². The molecule has 2 N–H and O–H groups in total. The lowest BCUT2D eigenvalue weighted by atomic mass is 10.1. The van der Waals surface area contributed by atoms with Gasteiger partial charge in [0, 0.05) is 12.1 Å². The first-order chi connectivity index (χ1) is 12.1. The topological polar surface area (TPSA) is 70.7 Å². The quantitative estimate of drug-likeness (QED) is 0.663. The number of anilines is 1. The molecule has 25 heavy (non-hydrogen) atoms. The molecule has 0 radical (unpaired) electrons. The van der Waals surface area contributed by atoms with Gasteiger partial charge in [-0.25, -0.2) is 4.98 Å². The van der Waals surface area contributed by atoms with Crippen LogP contribution in [0.3, 0.4) is 0 Å². The van der Waals surface area contributed by atoms with Gasteiger partial charge in [-0.3, -0.25) is 9.89 Å². The number of benzene rings is 2. The minimum absolute atomic E-state index is 0.0670. The fourth-order valence-corrected chi connectivity index (χ4v) is 2.97. The van der Waals surface area contributed by atoms with Gasteiger partial charge in [0.25, 0.3) is 0 Å². The van der Waals surface area contributed by atoms with Gasteiger partial charge in [-0.2, -0.15) is 0 Å². The van der Waals surface area contributed by atoms with Gasteiger partial charge in [-0.15, -0.1) is 5.10 Å². The molecule has 3 aromatic rings. The number of nitrogens with one attached hydrogen (secondary N) is 2. The Bertz CT molecular complexity index is 861. The fourth-order valence-electron chi connectivity index (χ4n) is 2.36. The number of carbonyl (C=O) groups is 1. The standard InChI is InChI=1S/C19H20N4OS/c1-13-8-9-16(10-14(13)2)20-18(24)12-25-19-21-17(22-23-19)11-15-6-4-3-5-7-15/h3-10H,11-12H2,1-2H3,(H,20,24)(H,21,22,23). The summed E-state index contributed by atoms with van der Waals surface area (Å²) in [5.74, 6) is 1.00. The van der Waals surface area contributed by atoms with Gasteiger partial charge in [0.15, 0.2) is 0 Å². The molecule has 5 nitrogen and oxygen atoms in total. The summed E-state index contributed by atoms with van der Waals surface area (Å²) < 4.78 is 0. The maximum absolute atomic E-state index is 12.1. The van der Waals surface area contributed by atoms with Crippen LogP contribution in [0.25, 0.3) is 0 Å². The van der Waals surface area contributed by atoms with Crippen LogP contribution in [0.15, 0.2) is 53.7 Å². The largest absolute Gasteiger partial charge is 0.325 e. The monoisotopic (exact) mass is 352 g/mol. The van der Waals surface area contributed by atoms with Crippen molar-refractivity contribution in [2.24, 2.45) is 0 Å². The molecular weight excluding hydrogens is 332 g/mol. The molecule has 3 rings (SSSR count). The highest BCUT2D eigenvalue weighted by molar-refractivity contribution is 7.99. The van der Waals surface area contributed by atoms with Crippen molar-refractivity contribution in [2.75, 3.05) is 11.1 Å². The molecule has 1 aromatic heterocycles. The highest BCUT2D eigenvalue weighted by Crippen LogP contribution is 2.17. The lowest BCUT2D eigenvalue weighted by molar-refractivity contribution is -0.113. The minimum atomic E-state index is -0.0670. The molecule has 128 valence electrons. The molecule has 6 heteroatoms. The number of H-pyrrole nitrogens is 1. The molecule has 0 aliphatic rings. The van der Waals surface area contributed by atoms with Crippen LogP contribution in [0.2, 0.25) is 0 Å². The summed E-state index contributed by atoms with van der Waals surface area (Å²) in [6.45, 7) is 4.08. The van der Waals surface area contributed by atoms with E-state index in [2.05, 4.69) is 20.5 Å². The first-order valence-corrected chi connectivity index (χ1v) is 9.04. The molecule has 2 aromatic carbocycles. The number of carbonyl (C=O) groups excluding carboxylic acids is 1. The molecule has 0 aliphatic heterocycles. The SMILES string of the molecule is Cc1ccc(NC(=O)CSc2n[nH]c(Cc3ccccc3)n2)cc1C. The van der Waals surface area contributed by atoms with E-state index in [0.29, 0.717) is 11.6 Å². The first kappa shape index (κ1) is 17.2. The molecule has 0 bridgehead atoms. The summed E-state index contributed by atoms with van der Waals surface area (Å²) in [7, 11) is 0. The number of aromatic nitrogens is 3. The van der Waals surface area contributed by atoms with Crippen molar-refractivity contribution in [2.45, 2.75) is 25.4 Å². The zero-order valence-electron chi connectivity index (χ0n) is 14.2. The van der Waals surface area contributed by atoms with Crippen LogP contribution in [0.1, 0.15) is 22.5 Å². The van der Waals surface area contributed by atoms with E-state index in [1.807, 2.05) is 62.4 Å². The molecule has 0 fully saturated rings. The van der Waals surface area contributed by atoms with E-state index in [0.717, 1.165) is 17.1 Å². The number of rotatable bonds is 6. The highest BCUT2D eigenvalue weighted by Gasteiger charge is 2.09. The zero-order chi connectivity index (χ0) is 17.6. The number of aryl methyl sites for hydroxylation is 2. The summed E-state index contributed by atoms with van der Waals surface area (Å²) >= 11 is 1.32. The predicted molar refractivity (Wildman–Crippen MR) is 101 cm³/mol. The second-order valence-electron chi connectivity index (χ2n) is 5.86. The molecule has 0 saturated heterocycles. The maximum Gasteiger partial charge on any atom is 0.234 e. The zero-order valence-corrected chi connectivity index (χ0v) is 15.1. The van der Waals surface area contributed by atoms with E-state index in [4.69, 9.17) is 0 Å². The third-order valence-corrected chi connectivity index (χ3v) is 4.70. The van der Waals surface area contributed by atoms with Gasteiger partial charge in [0.1, 0.15) is 5.82 Å². The predicted octanol–water partition coefficient (Wildman–Crippen LogP) is 3.74. The van der Waals surface area contributed by atoms with Crippen LogP contribution >= 0.6 is 11.8 Å². The van der Waals surface area contributed by atoms with Gasteiger partial charge in [0.05, 0.1) is 5.75 Å². The van der Waals surface area contributed by atoms with E-state index in [-0.39, 0.29) is 11.7 Å². The smallest absolute Gasteiger partial charge is 0.234 e. The van der Waals surface area contributed by atoms with Gasteiger partial charge in [-0.1, -0.05) is 48.2 Å². The van der Waals surface area contributed by atoms with Crippen LogP contribution in [-0.4, -0.2) is 26.8 Å². The van der Waals surface area contributed by atoms with Crippen molar-refractivity contribution in [3.8, 4) is 0 Å². The van der Waals surface area contributed by atoms with Crippen molar-refractivity contribution in [3.63, 3.8) is 0 Å². The normalized spacial score (nSPS) is 10.6. The fraction of sp³-hybridized carbons (Fsp3) is 0.211. The number of thioether (sulfide) groups is 1. The second-order valence-corrected chi connectivity index (χ2v) is 6.81. The van der Waals surface area contributed by atoms with Crippen molar-refractivity contribution in [1.29, 1.82) is 0 Å². The molecule has 0 unspecified atom stereocenters. The Morgan fingerprint density at radius 1 is 1.12 bits per heavy atom. The lowest BCUT2D eigenvalue weighted by Gasteiger charge is -2.06. The van der Waals surface area contributed by atoms with E-state index in [9.17, 15) is 4.79 Å². The number of aromatic amines is 1. The number of amides is 1. The molecule has 0 saturated carbocycles. The molecule has 0 spiro atoms. The van der Waals surface area contributed by atoms with Gasteiger partial charge in [0.2, 0.25) is 11.1 Å². The van der Waals surface area contributed by atoms with Crippen LogP contribution in [0, 0.1) is 13.8 Å². The van der Waals surface area contributed by atoms with Gasteiger partial charge >= 0.3 is 0 Å². The number of nitrogens with zero attached hydrogens (tertiary/aromatic N) is 2. The highest BCUT2D eigenvalue weighted by atomic mass is 32.2. The van der Waals surface area contributed by atoms with E-state index in [1.54, 1.807) is 0 Å². The number of hydrogen-bond donors (Lipinski definition) is 2. The summed E-state index contributed by atoms with van der Waals surface area (Å²) in [4.78, 5) is 16.5. The van der Waals surface area contributed by atoms with Crippen molar-refractivity contribution in [1.82, 2.24) is 15.2 Å². The Morgan fingerprint density at radius 2 is 1.92 bits per heavy atom. The summed E-state index contributed by atoms with van der Waals surface area (Å²) in [5.41, 5.74) is 4.35. The van der Waals surface area contributed by atoms with Gasteiger partial charge < -0.3 is 5.32 Å². The Labute approximate surface area is 151 Å². The van der Waals surface area contributed by atoms with E-state index >= 15 is 0 Å². The average molecular weight is 352 g/mol. The Hall–Kier alpha value is -2.60. The summed E-state index contributed by atoms with van der Waals surface area (Å²) in [6.07, 6.45) is 0.698. The van der Waals surface area contributed by atoms with Crippen molar-refractivity contribution in [3.05, 3.63) is 71.0 Å². The van der Waals surface area contributed by atoms with Gasteiger partial charge in [-0.05, 0) is 42.7 Å². The Morgan fingerprint density at radius 3 is 2.68 bits per heavy atom.